The summed E-state index contributed by atoms with van der Waals surface area (Å²) < 4.78 is 2.41. The number of aromatic nitrogens is 1. The van der Waals surface area contributed by atoms with Gasteiger partial charge in [-0.25, -0.2) is 0 Å². The lowest BCUT2D eigenvalue weighted by molar-refractivity contribution is 1.18. The van der Waals surface area contributed by atoms with E-state index in [-0.39, 0.29) is 0 Å². The van der Waals surface area contributed by atoms with Crippen LogP contribution in [0, 0.1) is 6.92 Å². The van der Waals surface area contributed by atoms with Crippen molar-refractivity contribution in [3.05, 3.63) is 127 Å². The quantitative estimate of drug-likeness (QED) is 0.276. The summed E-state index contributed by atoms with van der Waals surface area (Å²) in [6.45, 7) is 2.19. The van der Waals surface area contributed by atoms with E-state index in [0.717, 1.165) is 0 Å². The molecule has 152 valence electrons. The van der Waals surface area contributed by atoms with Crippen LogP contribution in [0.15, 0.2) is 121 Å². The smallest absolute Gasteiger partial charge is 0.0619 e. The molecule has 6 aromatic rings. The zero-order valence-corrected chi connectivity index (χ0v) is 18.0. The van der Waals surface area contributed by atoms with Gasteiger partial charge in [0.25, 0.3) is 0 Å². The molecule has 0 spiro atoms. The fourth-order valence-electron chi connectivity index (χ4n) is 4.91. The number of benzene rings is 5. The van der Waals surface area contributed by atoms with Crippen molar-refractivity contribution in [3.63, 3.8) is 0 Å². The van der Waals surface area contributed by atoms with E-state index < -0.39 is 0 Å². The van der Waals surface area contributed by atoms with Gasteiger partial charge >= 0.3 is 0 Å². The third-order valence-corrected chi connectivity index (χ3v) is 6.36. The van der Waals surface area contributed by atoms with Crippen molar-refractivity contribution in [1.82, 2.24) is 4.57 Å². The molecule has 1 heteroatoms. The highest BCUT2D eigenvalue weighted by atomic mass is 15.0. The summed E-state index contributed by atoms with van der Waals surface area (Å²) in [4.78, 5) is 0. The van der Waals surface area contributed by atoms with E-state index in [1.165, 1.54) is 55.3 Å². The predicted octanol–water partition coefficient (Wildman–Crippen LogP) is 8.43. The molecule has 0 unspecified atom stereocenters. The van der Waals surface area contributed by atoms with Crippen LogP contribution in [0.4, 0.5) is 0 Å². The summed E-state index contributed by atoms with van der Waals surface area (Å²) in [5, 5.41) is 2.56. The number of hydrogen-bond donors (Lipinski definition) is 0. The van der Waals surface area contributed by atoms with E-state index in [4.69, 9.17) is 0 Å². The van der Waals surface area contributed by atoms with Gasteiger partial charge in [-0.05, 0) is 47.4 Å². The van der Waals surface area contributed by atoms with Gasteiger partial charge in [-0.3, -0.25) is 0 Å². The van der Waals surface area contributed by atoms with E-state index in [2.05, 4.69) is 133 Å². The molecule has 0 N–H and O–H groups in total. The largest absolute Gasteiger partial charge is 0.309 e. The fraction of sp³-hybridized carbons (Fsp3) is 0.0323. The SMILES string of the molecule is Cc1ccccc1-c1ccccc1-c1cccc2c3ccccc3n(-c3ccccc3)c12. The van der Waals surface area contributed by atoms with Crippen LogP contribution in [0.2, 0.25) is 0 Å². The lowest BCUT2D eigenvalue weighted by atomic mass is 9.91. The maximum absolute atomic E-state index is 2.41. The summed E-state index contributed by atoms with van der Waals surface area (Å²) in [7, 11) is 0. The van der Waals surface area contributed by atoms with Crippen LogP contribution in [0.3, 0.4) is 0 Å². The second kappa shape index (κ2) is 7.55. The molecule has 0 saturated heterocycles. The first-order valence-electron chi connectivity index (χ1n) is 11.1. The number of rotatable bonds is 3. The molecule has 0 aliphatic carbocycles. The second-order valence-electron chi connectivity index (χ2n) is 8.25. The first-order valence-corrected chi connectivity index (χ1v) is 11.1. The fourth-order valence-corrected chi connectivity index (χ4v) is 4.91. The minimum atomic E-state index is 1.18. The molecule has 0 fully saturated rings. The van der Waals surface area contributed by atoms with Crippen LogP contribution < -0.4 is 0 Å². The lowest BCUT2D eigenvalue weighted by Gasteiger charge is -2.15. The van der Waals surface area contributed by atoms with E-state index in [9.17, 15) is 0 Å². The van der Waals surface area contributed by atoms with Gasteiger partial charge in [-0.1, -0.05) is 103 Å². The van der Waals surface area contributed by atoms with Crippen LogP contribution in [0.5, 0.6) is 0 Å². The minimum absolute atomic E-state index is 1.18. The first-order chi connectivity index (χ1) is 15.8. The molecule has 0 radical (unpaired) electrons. The Morgan fingerprint density at radius 1 is 0.438 bits per heavy atom. The Bertz CT molecular complexity index is 1570. The van der Waals surface area contributed by atoms with Crippen molar-refractivity contribution in [3.8, 4) is 27.9 Å². The third kappa shape index (κ3) is 2.86. The van der Waals surface area contributed by atoms with Crippen molar-refractivity contribution >= 4 is 21.8 Å². The molecule has 1 aromatic heterocycles. The summed E-state index contributed by atoms with van der Waals surface area (Å²) in [6, 6.07) is 43.5. The van der Waals surface area contributed by atoms with Crippen molar-refractivity contribution in [1.29, 1.82) is 0 Å². The van der Waals surface area contributed by atoms with Crippen molar-refractivity contribution in [2.45, 2.75) is 6.92 Å². The van der Waals surface area contributed by atoms with Crippen molar-refractivity contribution in [2.75, 3.05) is 0 Å². The Kier molecular flexibility index (Phi) is 4.40. The van der Waals surface area contributed by atoms with Crippen molar-refractivity contribution < 1.29 is 0 Å². The summed E-state index contributed by atoms with van der Waals surface area (Å²) >= 11 is 0. The zero-order valence-electron chi connectivity index (χ0n) is 18.0. The van der Waals surface area contributed by atoms with Crippen LogP contribution in [0.1, 0.15) is 5.56 Å². The van der Waals surface area contributed by atoms with Crippen LogP contribution in [-0.2, 0) is 0 Å². The Morgan fingerprint density at radius 2 is 1.00 bits per heavy atom. The standard InChI is InChI=1S/C31H23N/c1-22-12-5-6-15-24(22)25-16-7-8-17-26(25)28-19-11-20-29-27-18-9-10-21-30(27)32(31(28)29)23-13-3-2-4-14-23/h2-21H,1H3. The molecule has 6 rings (SSSR count). The molecule has 5 aromatic carbocycles. The second-order valence-corrected chi connectivity index (χ2v) is 8.25. The van der Waals surface area contributed by atoms with E-state index in [1.807, 2.05) is 0 Å². The molecule has 0 saturated carbocycles. The minimum Gasteiger partial charge on any atom is -0.309 e. The van der Waals surface area contributed by atoms with Crippen LogP contribution in [-0.4, -0.2) is 4.57 Å². The van der Waals surface area contributed by atoms with Gasteiger partial charge in [0.05, 0.1) is 11.0 Å². The molecule has 0 aliphatic rings. The first kappa shape index (κ1) is 18.7. The highest BCUT2D eigenvalue weighted by Gasteiger charge is 2.18. The number of nitrogens with zero attached hydrogens (tertiary/aromatic N) is 1. The molecule has 0 atom stereocenters. The van der Waals surface area contributed by atoms with Gasteiger partial charge in [0.2, 0.25) is 0 Å². The number of aryl methyl sites for hydroxylation is 1. The topological polar surface area (TPSA) is 4.93 Å². The summed E-state index contributed by atoms with van der Waals surface area (Å²) in [5.74, 6) is 0. The Balaban J connectivity index is 1.75. The molecular formula is C31H23N. The van der Waals surface area contributed by atoms with E-state index >= 15 is 0 Å². The van der Waals surface area contributed by atoms with Gasteiger partial charge in [-0.15, -0.1) is 0 Å². The van der Waals surface area contributed by atoms with E-state index in [0.29, 0.717) is 0 Å². The van der Waals surface area contributed by atoms with E-state index in [1.54, 1.807) is 0 Å². The molecule has 1 heterocycles. The molecule has 32 heavy (non-hydrogen) atoms. The highest BCUT2D eigenvalue weighted by molar-refractivity contribution is 6.14. The Hall–Kier alpha value is -4.10. The maximum Gasteiger partial charge on any atom is 0.0619 e. The van der Waals surface area contributed by atoms with Crippen LogP contribution in [0.25, 0.3) is 49.7 Å². The lowest BCUT2D eigenvalue weighted by Crippen LogP contribution is -1.96. The average molecular weight is 410 g/mol. The number of fused-ring (bicyclic) bond motifs is 3. The molecule has 0 bridgehead atoms. The Morgan fingerprint density at radius 3 is 1.78 bits per heavy atom. The maximum atomic E-state index is 2.41. The zero-order chi connectivity index (χ0) is 21.5. The third-order valence-electron chi connectivity index (χ3n) is 6.36. The van der Waals surface area contributed by atoms with Gasteiger partial charge in [-0.2, -0.15) is 0 Å². The van der Waals surface area contributed by atoms with Gasteiger partial charge < -0.3 is 4.57 Å². The predicted molar refractivity (Wildman–Crippen MR) is 136 cm³/mol. The summed E-state index contributed by atoms with van der Waals surface area (Å²) in [6.07, 6.45) is 0. The molecule has 0 aliphatic heterocycles. The van der Waals surface area contributed by atoms with Gasteiger partial charge in [0.1, 0.15) is 0 Å². The molecular weight excluding hydrogens is 386 g/mol. The molecule has 0 amide bonds. The average Bonchev–Trinajstić information content (AvgIpc) is 3.20. The summed E-state index contributed by atoms with van der Waals surface area (Å²) in [5.41, 5.74) is 10.0. The normalized spacial score (nSPS) is 11.3. The van der Waals surface area contributed by atoms with Crippen LogP contribution >= 0.6 is 0 Å². The van der Waals surface area contributed by atoms with Crippen molar-refractivity contribution in [2.24, 2.45) is 0 Å². The number of hydrogen-bond acceptors (Lipinski definition) is 0. The van der Waals surface area contributed by atoms with Gasteiger partial charge in [0, 0.05) is 22.0 Å². The van der Waals surface area contributed by atoms with Gasteiger partial charge in [0.15, 0.2) is 0 Å². The molecule has 1 nitrogen and oxygen atoms in total. The highest BCUT2D eigenvalue weighted by Crippen LogP contribution is 2.41. The number of para-hydroxylation sites is 3. The monoisotopic (exact) mass is 409 g/mol. The Labute approximate surface area is 188 Å².